The average Bonchev–Trinajstić information content (AvgIpc) is 3.45. The quantitative estimate of drug-likeness (QED) is 0.340. The van der Waals surface area contributed by atoms with E-state index in [0.717, 1.165) is 17.1 Å². The average molecular weight is 469 g/mol. The number of nitrogens with zero attached hydrogens (tertiary/aromatic N) is 3. The van der Waals surface area contributed by atoms with Crippen LogP contribution in [0.5, 0.6) is 5.75 Å². The number of rotatable bonds is 9. The minimum atomic E-state index is -0.157. The number of benzene rings is 2. The molecule has 0 unspecified atom stereocenters. The number of para-hydroxylation sites is 1. The minimum Gasteiger partial charge on any atom is -0.486 e. The molecule has 32 heavy (non-hydrogen) atoms. The van der Waals surface area contributed by atoms with Crippen LogP contribution in [-0.2, 0) is 17.9 Å². The van der Waals surface area contributed by atoms with Crippen LogP contribution in [0.25, 0.3) is 0 Å². The molecule has 4 aromatic rings. The van der Waals surface area contributed by atoms with Crippen LogP contribution in [0.3, 0.4) is 0 Å². The molecule has 0 radical (unpaired) electrons. The topological polar surface area (TPSA) is 82.2 Å². The number of hydrogen-bond donors (Lipinski definition) is 1. The van der Waals surface area contributed by atoms with Crippen molar-refractivity contribution in [2.45, 2.75) is 25.2 Å². The lowest BCUT2D eigenvalue weighted by Gasteiger charge is -2.11. The molecule has 1 N–H and O–H groups in total. The van der Waals surface area contributed by atoms with Crippen LogP contribution in [0.2, 0.25) is 5.02 Å². The van der Waals surface area contributed by atoms with Crippen LogP contribution in [0.4, 0.5) is 5.69 Å². The fourth-order valence-corrected chi connectivity index (χ4v) is 3.90. The van der Waals surface area contributed by atoms with Crippen LogP contribution in [0.1, 0.15) is 17.1 Å². The fourth-order valence-electron chi connectivity index (χ4n) is 2.97. The highest BCUT2D eigenvalue weighted by atomic mass is 35.5. The normalized spacial score (nSPS) is 10.8. The van der Waals surface area contributed by atoms with E-state index < -0.39 is 0 Å². The van der Waals surface area contributed by atoms with E-state index in [1.807, 2.05) is 60.0 Å². The van der Waals surface area contributed by atoms with E-state index in [-0.39, 0.29) is 18.3 Å². The number of thioether (sulfide) groups is 1. The molecular formula is C23H21ClN4O3S. The predicted molar refractivity (Wildman–Crippen MR) is 124 cm³/mol. The van der Waals surface area contributed by atoms with Crippen molar-refractivity contribution < 1.29 is 13.9 Å². The lowest BCUT2D eigenvalue weighted by Crippen LogP contribution is -2.16. The zero-order valence-electron chi connectivity index (χ0n) is 17.3. The maximum Gasteiger partial charge on any atom is 0.234 e. The van der Waals surface area contributed by atoms with Crippen molar-refractivity contribution in [3.05, 3.63) is 89.1 Å². The van der Waals surface area contributed by atoms with Crippen LogP contribution in [0, 0.1) is 6.92 Å². The molecule has 2 aromatic carbocycles. The second-order valence-corrected chi connectivity index (χ2v) is 8.26. The van der Waals surface area contributed by atoms with Gasteiger partial charge in [-0.2, -0.15) is 0 Å². The molecule has 0 aliphatic carbocycles. The highest BCUT2D eigenvalue weighted by Gasteiger charge is 2.17. The molecule has 164 valence electrons. The van der Waals surface area contributed by atoms with E-state index in [1.54, 1.807) is 18.4 Å². The van der Waals surface area contributed by atoms with Gasteiger partial charge in [-0.1, -0.05) is 47.6 Å². The molecule has 9 heteroatoms. The molecule has 7 nitrogen and oxygen atoms in total. The Morgan fingerprint density at radius 1 is 1.12 bits per heavy atom. The van der Waals surface area contributed by atoms with Gasteiger partial charge in [0.25, 0.3) is 0 Å². The Morgan fingerprint density at radius 2 is 1.97 bits per heavy atom. The van der Waals surface area contributed by atoms with Crippen molar-refractivity contribution >= 4 is 35.0 Å². The molecule has 0 spiro atoms. The summed E-state index contributed by atoms with van der Waals surface area (Å²) in [6.45, 7) is 2.54. The zero-order chi connectivity index (χ0) is 22.3. The highest BCUT2D eigenvalue weighted by molar-refractivity contribution is 7.99. The Morgan fingerprint density at radius 3 is 2.75 bits per heavy atom. The third-order valence-electron chi connectivity index (χ3n) is 4.67. The fraction of sp³-hybridized carbons (Fsp3) is 0.174. The zero-order valence-corrected chi connectivity index (χ0v) is 18.9. The molecule has 0 atom stereocenters. The molecule has 4 rings (SSSR count). The van der Waals surface area contributed by atoms with Gasteiger partial charge in [-0.15, -0.1) is 10.2 Å². The second kappa shape index (κ2) is 10.4. The van der Waals surface area contributed by atoms with Crippen molar-refractivity contribution in [2.75, 3.05) is 11.1 Å². The van der Waals surface area contributed by atoms with Crippen molar-refractivity contribution in [3.8, 4) is 5.75 Å². The Bertz CT molecular complexity index is 1180. The Kier molecular flexibility index (Phi) is 7.14. The van der Waals surface area contributed by atoms with E-state index in [2.05, 4.69) is 15.5 Å². The monoisotopic (exact) mass is 468 g/mol. The lowest BCUT2D eigenvalue weighted by molar-refractivity contribution is -0.113. The van der Waals surface area contributed by atoms with Crippen LogP contribution in [0.15, 0.2) is 76.5 Å². The first-order valence-corrected chi connectivity index (χ1v) is 11.3. The summed E-state index contributed by atoms with van der Waals surface area (Å²) in [4.78, 5) is 12.5. The van der Waals surface area contributed by atoms with E-state index in [4.69, 9.17) is 20.8 Å². The molecule has 0 aliphatic heterocycles. The van der Waals surface area contributed by atoms with E-state index >= 15 is 0 Å². The molecule has 0 saturated heterocycles. The van der Waals surface area contributed by atoms with Crippen molar-refractivity contribution in [3.63, 3.8) is 0 Å². The summed E-state index contributed by atoms with van der Waals surface area (Å²) in [5.41, 5.74) is 1.52. The van der Waals surface area contributed by atoms with Crippen molar-refractivity contribution in [1.29, 1.82) is 0 Å². The molecule has 0 fully saturated rings. The molecule has 0 bridgehead atoms. The van der Waals surface area contributed by atoms with Gasteiger partial charge in [-0.3, -0.25) is 9.36 Å². The number of carbonyl (C=O) groups is 1. The number of anilines is 1. The predicted octanol–water partition coefficient (Wildman–Crippen LogP) is 5.19. The number of halogens is 1. The van der Waals surface area contributed by atoms with Gasteiger partial charge in [0.15, 0.2) is 11.0 Å². The van der Waals surface area contributed by atoms with E-state index in [9.17, 15) is 4.79 Å². The second-order valence-electron chi connectivity index (χ2n) is 6.92. The molecule has 1 amide bonds. The van der Waals surface area contributed by atoms with Gasteiger partial charge in [-0.05, 0) is 48.9 Å². The number of hydrogen-bond acceptors (Lipinski definition) is 6. The number of furan rings is 1. The molecule has 2 heterocycles. The maximum absolute atomic E-state index is 12.5. The largest absolute Gasteiger partial charge is 0.486 e. The van der Waals surface area contributed by atoms with E-state index in [0.29, 0.717) is 28.2 Å². The van der Waals surface area contributed by atoms with Gasteiger partial charge in [-0.25, -0.2) is 0 Å². The summed E-state index contributed by atoms with van der Waals surface area (Å²) in [6, 6.07) is 18.6. The summed E-state index contributed by atoms with van der Waals surface area (Å²) < 4.78 is 13.2. The number of amides is 1. The lowest BCUT2D eigenvalue weighted by atomic mass is 10.2. The first-order chi connectivity index (χ1) is 15.6. The molecule has 0 saturated carbocycles. The number of aromatic nitrogens is 3. The summed E-state index contributed by atoms with van der Waals surface area (Å²) in [5, 5.41) is 12.7. The summed E-state index contributed by atoms with van der Waals surface area (Å²) >= 11 is 7.43. The van der Waals surface area contributed by atoms with Gasteiger partial charge in [0.05, 0.1) is 18.6 Å². The molecular weight excluding hydrogens is 448 g/mol. The Balaban J connectivity index is 1.45. The number of carbonyl (C=O) groups excluding carboxylic acids is 1. The number of ether oxygens (including phenoxy) is 1. The van der Waals surface area contributed by atoms with Crippen molar-refractivity contribution in [1.82, 2.24) is 14.8 Å². The molecule has 0 aliphatic rings. The third kappa shape index (κ3) is 5.52. The maximum atomic E-state index is 12.5. The highest BCUT2D eigenvalue weighted by Crippen LogP contribution is 2.24. The van der Waals surface area contributed by atoms with Gasteiger partial charge >= 0.3 is 0 Å². The SMILES string of the molecule is Cc1c(Cl)cccc1NC(=O)CSc1nnc(COc2ccccc2)n1Cc1ccco1. The minimum absolute atomic E-state index is 0.157. The standard InChI is InChI=1S/C23H21ClN4O3S/c1-16-19(24)10-5-11-20(16)25-22(29)15-32-23-27-26-21(14-31-17-7-3-2-4-8-17)28(23)13-18-9-6-12-30-18/h2-12H,13-15H2,1H3,(H,25,29). The first-order valence-electron chi connectivity index (χ1n) is 9.90. The van der Waals surface area contributed by atoms with Gasteiger partial charge in [0.2, 0.25) is 5.91 Å². The summed E-state index contributed by atoms with van der Waals surface area (Å²) in [7, 11) is 0. The Labute approximate surface area is 194 Å². The van der Waals surface area contributed by atoms with Crippen LogP contribution < -0.4 is 10.1 Å². The summed E-state index contributed by atoms with van der Waals surface area (Å²) in [6.07, 6.45) is 1.62. The summed E-state index contributed by atoms with van der Waals surface area (Å²) in [5.74, 6) is 2.15. The van der Waals surface area contributed by atoms with Gasteiger partial charge in [0.1, 0.15) is 18.1 Å². The van der Waals surface area contributed by atoms with Gasteiger partial charge in [0, 0.05) is 10.7 Å². The smallest absolute Gasteiger partial charge is 0.234 e. The van der Waals surface area contributed by atoms with Crippen LogP contribution >= 0.6 is 23.4 Å². The third-order valence-corrected chi connectivity index (χ3v) is 6.05. The first kappa shape index (κ1) is 22.0. The van der Waals surface area contributed by atoms with Gasteiger partial charge < -0.3 is 14.5 Å². The van der Waals surface area contributed by atoms with Crippen molar-refractivity contribution in [2.24, 2.45) is 0 Å². The Hall–Kier alpha value is -3.23. The number of nitrogens with one attached hydrogen (secondary N) is 1. The van der Waals surface area contributed by atoms with E-state index in [1.165, 1.54) is 11.8 Å². The molecule has 2 aromatic heterocycles. The van der Waals surface area contributed by atoms with Crippen LogP contribution in [-0.4, -0.2) is 26.4 Å².